The number of hydrogen-bond donors (Lipinski definition) is 2. The van der Waals surface area contributed by atoms with Gasteiger partial charge in [-0.1, -0.05) is 12.1 Å². The first-order chi connectivity index (χ1) is 10.0. The molecule has 0 heterocycles. The average molecular weight is 398 g/mol. The molecule has 0 unspecified atom stereocenters. The Morgan fingerprint density at radius 1 is 1.24 bits per heavy atom. The largest absolute Gasteiger partial charge is 0.392 e. The molecule has 0 fully saturated rings. The molecule has 0 aliphatic carbocycles. The molecule has 0 atom stereocenters. The monoisotopic (exact) mass is 398 g/mol. The number of nitrogens with one attached hydrogen (secondary N) is 1. The fraction of sp³-hybridized carbons (Fsp3) is 0.0714. The molecule has 0 spiro atoms. The normalized spacial score (nSPS) is 10.2. The van der Waals surface area contributed by atoms with Gasteiger partial charge in [0.05, 0.1) is 17.1 Å². The first-order valence-electron chi connectivity index (χ1n) is 5.96. The highest BCUT2D eigenvalue weighted by molar-refractivity contribution is 14.1. The Morgan fingerprint density at radius 3 is 2.48 bits per heavy atom. The van der Waals surface area contributed by atoms with Crippen LogP contribution in [0.2, 0.25) is 0 Å². The maximum absolute atomic E-state index is 12.2. The molecule has 2 aromatic rings. The lowest BCUT2D eigenvalue weighted by molar-refractivity contribution is -0.384. The van der Waals surface area contributed by atoms with Crippen LogP contribution in [-0.2, 0) is 6.61 Å². The van der Waals surface area contributed by atoms with E-state index < -0.39 is 10.8 Å². The number of nitrogens with zero attached hydrogens (tertiary/aromatic N) is 1. The van der Waals surface area contributed by atoms with Gasteiger partial charge in [-0.2, -0.15) is 0 Å². The van der Waals surface area contributed by atoms with Crippen LogP contribution in [0.15, 0.2) is 42.5 Å². The van der Waals surface area contributed by atoms with E-state index in [0.717, 1.165) is 5.56 Å². The number of aliphatic hydroxyl groups is 1. The Morgan fingerprint density at radius 2 is 1.90 bits per heavy atom. The van der Waals surface area contributed by atoms with E-state index in [1.54, 1.807) is 24.3 Å². The Bertz CT molecular complexity index is 686. The van der Waals surface area contributed by atoms with Crippen LogP contribution in [-0.4, -0.2) is 15.9 Å². The van der Waals surface area contributed by atoms with E-state index in [1.807, 2.05) is 22.6 Å². The van der Waals surface area contributed by atoms with Crippen LogP contribution in [0.4, 0.5) is 11.4 Å². The van der Waals surface area contributed by atoms with Gasteiger partial charge < -0.3 is 10.4 Å². The number of halogens is 1. The molecule has 2 aromatic carbocycles. The Labute approximate surface area is 134 Å². The number of anilines is 1. The van der Waals surface area contributed by atoms with Gasteiger partial charge in [-0.05, 0) is 46.4 Å². The molecule has 0 bridgehead atoms. The number of rotatable bonds is 4. The summed E-state index contributed by atoms with van der Waals surface area (Å²) in [6, 6.07) is 10.8. The quantitative estimate of drug-likeness (QED) is 0.471. The molecule has 2 N–H and O–H groups in total. The second-order valence-corrected chi connectivity index (χ2v) is 5.39. The molecule has 0 saturated carbocycles. The van der Waals surface area contributed by atoms with Crippen molar-refractivity contribution >= 4 is 39.9 Å². The molecule has 0 radical (unpaired) electrons. The van der Waals surface area contributed by atoms with E-state index in [0.29, 0.717) is 9.26 Å². The Balaban J connectivity index is 2.23. The molecule has 108 valence electrons. The first kappa shape index (κ1) is 15.4. The maximum Gasteiger partial charge on any atom is 0.270 e. The third-order valence-corrected chi connectivity index (χ3v) is 3.74. The summed E-state index contributed by atoms with van der Waals surface area (Å²) in [4.78, 5) is 22.4. The van der Waals surface area contributed by atoms with E-state index in [4.69, 9.17) is 5.11 Å². The zero-order chi connectivity index (χ0) is 15.4. The smallest absolute Gasteiger partial charge is 0.270 e. The summed E-state index contributed by atoms with van der Waals surface area (Å²) in [5.74, 6) is -0.417. The number of benzene rings is 2. The highest BCUT2D eigenvalue weighted by Crippen LogP contribution is 2.21. The van der Waals surface area contributed by atoms with Gasteiger partial charge in [0.1, 0.15) is 0 Å². The molecular weight excluding hydrogens is 387 g/mol. The number of hydrogen-bond acceptors (Lipinski definition) is 4. The second kappa shape index (κ2) is 6.64. The highest BCUT2D eigenvalue weighted by Gasteiger charge is 2.15. The average Bonchev–Trinajstić information content (AvgIpc) is 2.48. The van der Waals surface area contributed by atoms with Gasteiger partial charge in [-0.3, -0.25) is 14.9 Å². The van der Waals surface area contributed by atoms with Crippen molar-refractivity contribution in [3.63, 3.8) is 0 Å². The zero-order valence-corrected chi connectivity index (χ0v) is 12.9. The third-order valence-electron chi connectivity index (χ3n) is 2.80. The lowest BCUT2D eigenvalue weighted by Crippen LogP contribution is -2.13. The fourth-order valence-electron chi connectivity index (χ4n) is 1.69. The third kappa shape index (κ3) is 3.76. The number of nitro groups is 1. The Hall–Kier alpha value is -2.00. The number of aliphatic hydroxyl groups excluding tert-OH is 1. The topological polar surface area (TPSA) is 92.5 Å². The van der Waals surface area contributed by atoms with Gasteiger partial charge in [0.2, 0.25) is 0 Å². The number of non-ortho nitro benzene ring substituents is 1. The summed E-state index contributed by atoms with van der Waals surface area (Å²) in [6.45, 7) is -0.0724. The number of carbonyl (C=O) groups is 1. The summed E-state index contributed by atoms with van der Waals surface area (Å²) in [5, 5.41) is 22.4. The highest BCUT2D eigenvalue weighted by atomic mass is 127. The molecule has 0 aliphatic rings. The minimum atomic E-state index is -0.539. The van der Waals surface area contributed by atoms with Crippen molar-refractivity contribution in [2.75, 3.05) is 5.32 Å². The lowest BCUT2D eigenvalue weighted by atomic mass is 10.1. The molecule has 0 aliphatic heterocycles. The molecule has 7 heteroatoms. The van der Waals surface area contributed by atoms with Gasteiger partial charge in [0.15, 0.2) is 0 Å². The van der Waals surface area contributed by atoms with Crippen molar-refractivity contribution < 1.29 is 14.8 Å². The van der Waals surface area contributed by atoms with Crippen molar-refractivity contribution in [3.05, 3.63) is 67.3 Å². The van der Waals surface area contributed by atoms with Gasteiger partial charge in [0, 0.05) is 21.4 Å². The SMILES string of the molecule is O=C(Nc1ccc(CO)cc1)c1cc([N+](=O)[O-])ccc1I. The first-order valence-corrected chi connectivity index (χ1v) is 7.04. The Kier molecular flexibility index (Phi) is 4.86. The van der Waals surface area contributed by atoms with Crippen LogP contribution in [0.25, 0.3) is 0 Å². The van der Waals surface area contributed by atoms with Crippen molar-refractivity contribution in [1.82, 2.24) is 0 Å². The van der Waals surface area contributed by atoms with Crippen molar-refractivity contribution in [1.29, 1.82) is 0 Å². The molecular formula is C14H11IN2O4. The zero-order valence-electron chi connectivity index (χ0n) is 10.7. The number of carbonyl (C=O) groups excluding carboxylic acids is 1. The van der Waals surface area contributed by atoms with Crippen LogP contribution in [0, 0.1) is 13.7 Å². The van der Waals surface area contributed by atoms with Crippen LogP contribution in [0.1, 0.15) is 15.9 Å². The van der Waals surface area contributed by atoms with Crippen LogP contribution >= 0.6 is 22.6 Å². The molecule has 6 nitrogen and oxygen atoms in total. The standard InChI is InChI=1S/C14H11IN2O4/c15-13-6-5-11(17(20)21)7-12(13)14(19)16-10-3-1-9(8-18)2-4-10/h1-7,18H,8H2,(H,16,19). The molecule has 21 heavy (non-hydrogen) atoms. The van der Waals surface area contributed by atoms with Gasteiger partial charge in [-0.15, -0.1) is 0 Å². The maximum atomic E-state index is 12.2. The predicted octanol–water partition coefficient (Wildman–Crippen LogP) is 2.94. The second-order valence-electron chi connectivity index (χ2n) is 4.23. The summed E-state index contributed by atoms with van der Waals surface area (Å²) in [5.41, 5.74) is 1.41. The van der Waals surface area contributed by atoms with Crippen molar-refractivity contribution in [3.8, 4) is 0 Å². The van der Waals surface area contributed by atoms with Crippen LogP contribution in [0.5, 0.6) is 0 Å². The lowest BCUT2D eigenvalue weighted by Gasteiger charge is -2.07. The number of nitro benzene ring substituents is 1. The predicted molar refractivity (Wildman–Crippen MR) is 86.1 cm³/mol. The summed E-state index contributed by atoms with van der Waals surface area (Å²) in [6.07, 6.45) is 0. The van der Waals surface area contributed by atoms with Gasteiger partial charge >= 0.3 is 0 Å². The van der Waals surface area contributed by atoms with Crippen molar-refractivity contribution in [2.24, 2.45) is 0 Å². The minimum Gasteiger partial charge on any atom is -0.392 e. The van der Waals surface area contributed by atoms with Crippen molar-refractivity contribution in [2.45, 2.75) is 6.61 Å². The van der Waals surface area contributed by atoms with E-state index in [9.17, 15) is 14.9 Å². The van der Waals surface area contributed by atoms with Gasteiger partial charge in [-0.25, -0.2) is 0 Å². The summed E-state index contributed by atoms with van der Waals surface area (Å²) < 4.78 is 0.627. The van der Waals surface area contributed by atoms with Gasteiger partial charge in [0.25, 0.3) is 11.6 Å². The van der Waals surface area contributed by atoms with E-state index in [-0.39, 0.29) is 17.9 Å². The summed E-state index contributed by atoms with van der Waals surface area (Å²) >= 11 is 1.95. The van der Waals surface area contributed by atoms with E-state index >= 15 is 0 Å². The number of amides is 1. The van der Waals surface area contributed by atoms with Crippen LogP contribution in [0.3, 0.4) is 0 Å². The summed E-state index contributed by atoms with van der Waals surface area (Å²) in [7, 11) is 0. The van der Waals surface area contributed by atoms with Crippen LogP contribution < -0.4 is 5.32 Å². The fourth-order valence-corrected chi connectivity index (χ4v) is 2.27. The molecule has 1 amide bonds. The van der Waals surface area contributed by atoms with E-state index in [2.05, 4.69) is 5.32 Å². The molecule has 2 rings (SSSR count). The molecule has 0 saturated heterocycles. The van der Waals surface area contributed by atoms with E-state index in [1.165, 1.54) is 18.2 Å². The minimum absolute atomic E-state index is 0.0724. The molecule has 0 aromatic heterocycles.